The number of sulfonamides is 1. The number of benzene rings is 2. The van der Waals surface area contributed by atoms with Crippen molar-refractivity contribution < 1.29 is 22.3 Å². The Kier molecular flexibility index (Phi) is 6.36. The monoisotopic (exact) mass is 455 g/mol. The van der Waals surface area contributed by atoms with Crippen LogP contribution in [-0.2, 0) is 14.8 Å². The summed E-state index contributed by atoms with van der Waals surface area (Å²) in [7, 11) is -3.34. The van der Waals surface area contributed by atoms with Gasteiger partial charge in [0, 0.05) is 22.7 Å². The Morgan fingerprint density at radius 1 is 1.24 bits per heavy atom. The van der Waals surface area contributed by atoms with Crippen molar-refractivity contribution in [2.75, 3.05) is 22.9 Å². The van der Waals surface area contributed by atoms with Gasteiger partial charge < -0.3 is 4.74 Å². The molecule has 11 heteroatoms. The highest BCUT2D eigenvalue weighted by Crippen LogP contribution is 2.26. The number of carbonyl (C=O) groups excluding carboxylic acids is 1. The normalized spacial score (nSPS) is 11.1. The van der Waals surface area contributed by atoms with Gasteiger partial charge in [-0.1, -0.05) is 23.7 Å². The number of nitrogens with zero attached hydrogens (tertiary/aromatic N) is 1. The SMILES string of the molecule is CS(=O)(=O)Nc1ccc(-c2csc(NC(=O)COc3ccc(F)c(Cl)c3)n2)cc1. The third kappa shape index (κ3) is 6.14. The molecule has 7 nitrogen and oxygen atoms in total. The highest BCUT2D eigenvalue weighted by Gasteiger charge is 2.10. The summed E-state index contributed by atoms with van der Waals surface area (Å²) in [6.45, 7) is -0.289. The Morgan fingerprint density at radius 2 is 1.97 bits per heavy atom. The van der Waals surface area contributed by atoms with Crippen molar-refractivity contribution in [1.82, 2.24) is 4.98 Å². The van der Waals surface area contributed by atoms with Crippen molar-refractivity contribution in [3.8, 4) is 17.0 Å². The van der Waals surface area contributed by atoms with E-state index in [9.17, 15) is 17.6 Å². The van der Waals surface area contributed by atoms with E-state index in [0.29, 0.717) is 16.5 Å². The maximum absolute atomic E-state index is 13.1. The van der Waals surface area contributed by atoms with Crippen molar-refractivity contribution >= 4 is 49.7 Å². The van der Waals surface area contributed by atoms with Crippen LogP contribution in [0.4, 0.5) is 15.2 Å². The van der Waals surface area contributed by atoms with Crippen molar-refractivity contribution in [2.45, 2.75) is 0 Å². The van der Waals surface area contributed by atoms with E-state index in [0.717, 1.165) is 17.9 Å². The van der Waals surface area contributed by atoms with Crippen molar-refractivity contribution in [2.24, 2.45) is 0 Å². The Labute approximate surface area is 175 Å². The molecule has 152 valence electrons. The molecule has 0 bridgehead atoms. The van der Waals surface area contributed by atoms with E-state index in [4.69, 9.17) is 16.3 Å². The summed E-state index contributed by atoms with van der Waals surface area (Å²) >= 11 is 6.90. The fourth-order valence-corrected chi connectivity index (χ4v) is 3.73. The van der Waals surface area contributed by atoms with E-state index in [2.05, 4.69) is 15.0 Å². The van der Waals surface area contributed by atoms with E-state index in [-0.39, 0.29) is 17.4 Å². The zero-order valence-corrected chi connectivity index (χ0v) is 17.4. The molecule has 2 aromatic carbocycles. The second-order valence-electron chi connectivity index (χ2n) is 5.90. The number of rotatable bonds is 7. The van der Waals surface area contributed by atoms with Crippen LogP contribution >= 0.6 is 22.9 Å². The number of amides is 1. The number of hydrogen-bond acceptors (Lipinski definition) is 6. The van der Waals surface area contributed by atoms with E-state index >= 15 is 0 Å². The molecule has 0 aliphatic carbocycles. The van der Waals surface area contributed by atoms with Gasteiger partial charge in [-0.3, -0.25) is 14.8 Å². The molecule has 3 rings (SSSR count). The summed E-state index contributed by atoms with van der Waals surface area (Å²) in [5.41, 5.74) is 1.83. The quantitative estimate of drug-likeness (QED) is 0.561. The minimum absolute atomic E-state index is 0.0924. The Bertz CT molecular complexity index is 1130. The Morgan fingerprint density at radius 3 is 2.62 bits per heavy atom. The zero-order valence-electron chi connectivity index (χ0n) is 15.0. The molecule has 0 saturated carbocycles. The summed E-state index contributed by atoms with van der Waals surface area (Å²) in [4.78, 5) is 16.3. The molecular weight excluding hydrogens is 441 g/mol. The fourth-order valence-electron chi connectivity index (χ4n) is 2.26. The zero-order chi connectivity index (χ0) is 21.0. The average Bonchev–Trinajstić information content (AvgIpc) is 3.10. The van der Waals surface area contributed by atoms with Gasteiger partial charge >= 0.3 is 0 Å². The molecule has 1 amide bonds. The molecule has 0 saturated heterocycles. The van der Waals surface area contributed by atoms with Crippen LogP contribution < -0.4 is 14.8 Å². The molecule has 2 N–H and O–H groups in total. The summed E-state index contributed by atoms with van der Waals surface area (Å²) in [5.74, 6) is -0.730. The number of carbonyl (C=O) groups is 1. The van der Waals surface area contributed by atoms with Gasteiger partial charge in [-0.2, -0.15) is 0 Å². The van der Waals surface area contributed by atoms with E-state index in [1.54, 1.807) is 29.6 Å². The third-order valence-corrected chi connectivity index (χ3v) is 5.15. The van der Waals surface area contributed by atoms with E-state index in [1.165, 1.54) is 23.5 Å². The molecule has 0 aliphatic rings. The molecular formula is C18H15ClFN3O4S2. The molecule has 0 fully saturated rings. The van der Waals surface area contributed by atoms with Crippen LogP contribution in [0.1, 0.15) is 0 Å². The molecule has 1 aromatic heterocycles. The second kappa shape index (κ2) is 8.76. The predicted octanol–water partition coefficient (Wildman–Crippen LogP) is 3.99. The number of nitrogens with one attached hydrogen (secondary N) is 2. The van der Waals surface area contributed by atoms with Gasteiger partial charge in [0.25, 0.3) is 5.91 Å². The Balaban J connectivity index is 1.58. The van der Waals surface area contributed by atoms with E-state index < -0.39 is 21.7 Å². The van der Waals surface area contributed by atoms with Crippen LogP contribution in [0.3, 0.4) is 0 Å². The summed E-state index contributed by atoms with van der Waals surface area (Å²) in [6, 6.07) is 10.5. The van der Waals surface area contributed by atoms with Gasteiger partial charge in [-0.05, 0) is 24.3 Å². The number of ether oxygens (including phenoxy) is 1. The highest BCUT2D eigenvalue weighted by molar-refractivity contribution is 7.92. The summed E-state index contributed by atoms with van der Waals surface area (Å²) < 4.78 is 43.3. The molecule has 0 unspecified atom stereocenters. The van der Waals surface area contributed by atoms with Gasteiger partial charge in [-0.15, -0.1) is 11.3 Å². The maximum Gasteiger partial charge on any atom is 0.264 e. The number of anilines is 2. The van der Waals surface area contributed by atoms with Gasteiger partial charge in [0.2, 0.25) is 10.0 Å². The molecule has 3 aromatic rings. The number of hydrogen-bond donors (Lipinski definition) is 2. The van der Waals surface area contributed by atoms with Crippen LogP contribution in [0.2, 0.25) is 5.02 Å². The minimum atomic E-state index is -3.34. The first kappa shape index (κ1) is 21.0. The molecule has 0 radical (unpaired) electrons. The Hall–Kier alpha value is -2.69. The van der Waals surface area contributed by atoms with Crippen LogP contribution in [0.5, 0.6) is 5.75 Å². The largest absolute Gasteiger partial charge is 0.484 e. The lowest BCUT2D eigenvalue weighted by molar-refractivity contribution is -0.118. The van der Waals surface area contributed by atoms with Crippen molar-refractivity contribution in [3.63, 3.8) is 0 Å². The first-order valence-corrected chi connectivity index (χ1v) is 11.3. The maximum atomic E-state index is 13.1. The average molecular weight is 456 g/mol. The molecule has 1 heterocycles. The lowest BCUT2D eigenvalue weighted by Crippen LogP contribution is -2.20. The van der Waals surface area contributed by atoms with Gasteiger partial charge in [-0.25, -0.2) is 17.8 Å². The van der Waals surface area contributed by atoms with Crippen LogP contribution in [0.15, 0.2) is 47.8 Å². The first-order valence-electron chi connectivity index (χ1n) is 8.11. The third-order valence-electron chi connectivity index (χ3n) is 3.50. The van der Waals surface area contributed by atoms with Crippen molar-refractivity contribution in [3.05, 3.63) is 58.7 Å². The van der Waals surface area contributed by atoms with Crippen molar-refractivity contribution in [1.29, 1.82) is 0 Å². The van der Waals surface area contributed by atoms with Gasteiger partial charge in [0.1, 0.15) is 11.6 Å². The number of thiazole rings is 1. The van der Waals surface area contributed by atoms with Gasteiger partial charge in [0.05, 0.1) is 17.0 Å². The lowest BCUT2D eigenvalue weighted by atomic mass is 10.1. The minimum Gasteiger partial charge on any atom is -0.484 e. The van der Waals surface area contributed by atoms with Crippen LogP contribution in [-0.4, -0.2) is 32.2 Å². The molecule has 0 aliphatic heterocycles. The summed E-state index contributed by atoms with van der Waals surface area (Å²) in [6.07, 6.45) is 1.07. The second-order valence-corrected chi connectivity index (χ2v) is 8.92. The fraction of sp³-hybridized carbons (Fsp3) is 0.111. The highest BCUT2D eigenvalue weighted by atomic mass is 35.5. The topological polar surface area (TPSA) is 97.4 Å². The van der Waals surface area contributed by atoms with Gasteiger partial charge in [0.15, 0.2) is 11.7 Å². The summed E-state index contributed by atoms with van der Waals surface area (Å²) in [5, 5.41) is 4.66. The predicted molar refractivity (Wildman–Crippen MR) is 112 cm³/mol. The number of aromatic nitrogens is 1. The molecule has 0 spiro atoms. The number of halogens is 2. The smallest absolute Gasteiger partial charge is 0.264 e. The lowest BCUT2D eigenvalue weighted by Gasteiger charge is -2.06. The first-order chi connectivity index (χ1) is 13.7. The molecule has 29 heavy (non-hydrogen) atoms. The standard InChI is InChI=1S/C18H15ClFN3O4S2/c1-29(25,26)23-12-4-2-11(3-5-12)16-10-28-18(21-16)22-17(24)9-27-13-6-7-15(20)14(19)8-13/h2-8,10,23H,9H2,1H3,(H,21,22,24). The van der Waals surface area contributed by atoms with Crippen LogP contribution in [0, 0.1) is 5.82 Å². The molecule has 0 atom stereocenters. The van der Waals surface area contributed by atoms with E-state index in [1.807, 2.05) is 0 Å². The van der Waals surface area contributed by atoms with Crippen LogP contribution in [0.25, 0.3) is 11.3 Å².